The second-order valence-electron chi connectivity index (χ2n) is 5.63. The first-order valence-corrected chi connectivity index (χ1v) is 7.95. The van der Waals surface area contributed by atoms with Gasteiger partial charge in [0.05, 0.1) is 24.5 Å². The number of hydrogen-bond donors (Lipinski definition) is 2. The maximum atomic E-state index is 5.48. The summed E-state index contributed by atoms with van der Waals surface area (Å²) < 4.78 is 5.48. The lowest BCUT2D eigenvalue weighted by Gasteiger charge is -2.13. The average Bonchev–Trinajstić information content (AvgIpc) is 3.16. The van der Waals surface area contributed by atoms with Crippen molar-refractivity contribution in [1.29, 1.82) is 0 Å². The van der Waals surface area contributed by atoms with Crippen molar-refractivity contribution in [2.45, 2.75) is 6.54 Å². The molecule has 0 aliphatic carbocycles. The van der Waals surface area contributed by atoms with E-state index in [0.717, 1.165) is 39.2 Å². The molecule has 3 aromatic heterocycles. The molecule has 3 heterocycles. The second-order valence-corrected chi connectivity index (χ2v) is 5.63. The average molecular weight is 331 g/mol. The normalized spacial score (nSPS) is 10.8. The summed E-state index contributed by atoms with van der Waals surface area (Å²) in [7, 11) is 1.67. The summed E-state index contributed by atoms with van der Waals surface area (Å²) >= 11 is 0. The van der Waals surface area contributed by atoms with Gasteiger partial charge in [0.1, 0.15) is 11.3 Å². The van der Waals surface area contributed by atoms with Crippen LogP contribution in [0.1, 0.15) is 5.56 Å². The lowest BCUT2D eigenvalue weighted by Crippen LogP contribution is -2.02. The van der Waals surface area contributed by atoms with Crippen LogP contribution in [-0.2, 0) is 6.54 Å². The number of fused-ring (bicyclic) bond motifs is 1. The minimum Gasteiger partial charge on any atom is -0.495 e. The predicted molar refractivity (Wildman–Crippen MR) is 97.4 cm³/mol. The van der Waals surface area contributed by atoms with Crippen LogP contribution >= 0.6 is 0 Å². The van der Waals surface area contributed by atoms with Gasteiger partial charge in [-0.15, -0.1) is 5.10 Å². The van der Waals surface area contributed by atoms with Gasteiger partial charge < -0.3 is 15.0 Å². The maximum absolute atomic E-state index is 5.48. The Morgan fingerprint density at radius 2 is 2.12 bits per heavy atom. The maximum Gasteiger partial charge on any atom is 0.141 e. The van der Waals surface area contributed by atoms with Crippen molar-refractivity contribution in [3.63, 3.8) is 0 Å². The molecule has 1 aromatic carbocycles. The van der Waals surface area contributed by atoms with Crippen LogP contribution in [0, 0.1) is 0 Å². The fourth-order valence-electron chi connectivity index (χ4n) is 2.81. The predicted octanol–water partition coefficient (Wildman–Crippen LogP) is 3.64. The first-order valence-electron chi connectivity index (χ1n) is 7.95. The molecule has 6 heteroatoms. The molecule has 0 radical (unpaired) electrons. The van der Waals surface area contributed by atoms with Crippen molar-refractivity contribution in [3.05, 3.63) is 66.7 Å². The van der Waals surface area contributed by atoms with Crippen LogP contribution in [0.3, 0.4) is 0 Å². The molecule has 0 fully saturated rings. The summed E-state index contributed by atoms with van der Waals surface area (Å²) in [6, 6.07) is 11.9. The number of pyridine rings is 1. The number of hydrogen-bond acceptors (Lipinski definition) is 5. The van der Waals surface area contributed by atoms with Gasteiger partial charge in [-0.25, -0.2) is 0 Å². The van der Waals surface area contributed by atoms with E-state index in [1.807, 2.05) is 42.7 Å². The van der Waals surface area contributed by atoms with Crippen molar-refractivity contribution in [1.82, 2.24) is 20.2 Å². The Morgan fingerprint density at radius 3 is 2.96 bits per heavy atom. The molecule has 0 unspecified atom stereocenters. The summed E-state index contributed by atoms with van der Waals surface area (Å²) in [5, 5.41) is 11.6. The van der Waals surface area contributed by atoms with Gasteiger partial charge in [0.2, 0.25) is 0 Å². The Balaban J connectivity index is 1.69. The highest BCUT2D eigenvalue weighted by molar-refractivity contribution is 5.91. The number of nitrogens with one attached hydrogen (secondary N) is 2. The monoisotopic (exact) mass is 331 g/mol. The Bertz CT molecular complexity index is 997. The van der Waals surface area contributed by atoms with E-state index in [-0.39, 0.29) is 0 Å². The van der Waals surface area contributed by atoms with Crippen molar-refractivity contribution in [2.75, 3.05) is 12.4 Å². The number of ether oxygens (including phenoxy) is 1. The molecule has 124 valence electrons. The third-order valence-electron chi connectivity index (χ3n) is 4.06. The molecular weight excluding hydrogens is 314 g/mol. The molecule has 0 saturated heterocycles. The van der Waals surface area contributed by atoms with Gasteiger partial charge in [-0.2, -0.15) is 5.10 Å². The molecule has 25 heavy (non-hydrogen) atoms. The van der Waals surface area contributed by atoms with Crippen LogP contribution < -0.4 is 10.1 Å². The van der Waals surface area contributed by atoms with E-state index in [0.29, 0.717) is 6.54 Å². The van der Waals surface area contributed by atoms with E-state index in [9.17, 15) is 0 Å². The standard InChI is InChI=1S/C19H17N5O/c1-25-18-5-4-14(15-12-23-24-16-6-8-21-19(15)16)9-17(18)22-11-13-3-2-7-20-10-13/h2-10,12,21-22H,11H2,1H3. The minimum absolute atomic E-state index is 0.667. The van der Waals surface area contributed by atoms with Gasteiger partial charge in [0, 0.05) is 30.7 Å². The lowest BCUT2D eigenvalue weighted by atomic mass is 10.1. The Hall–Kier alpha value is -3.41. The number of aromatic nitrogens is 4. The number of nitrogens with zero attached hydrogens (tertiary/aromatic N) is 3. The van der Waals surface area contributed by atoms with Crippen LogP contribution in [0.2, 0.25) is 0 Å². The molecule has 0 saturated carbocycles. The molecule has 0 aliphatic rings. The van der Waals surface area contributed by atoms with Gasteiger partial charge in [0.15, 0.2) is 0 Å². The van der Waals surface area contributed by atoms with E-state index in [4.69, 9.17) is 4.74 Å². The van der Waals surface area contributed by atoms with E-state index in [1.54, 1.807) is 19.5 Å². The van der Waals surface area contributed by atoms with E-state index in [1.165, 1.54) is 0 Å². The Morgan fingerprint density at radius 1 is 1.16 bits per heavy atom. The summed E-state index contributed by atoms with van der Waals surface area (Å²) in [5.74, 6) is 0.789. The zero-order chi connectivity index (χ0) is 17.1. The largest absolute Gasteiger partial charge is 0.495 e. The Labute approximate surface area is 144 Å². The van der Waals surface area contributed by atoms with Crippen molar-refractivity contribution < 1.29 is 4.74 Å². The fraction of sp³-hybridized carbons (Fsp3) is 0.105. The third kappa shape index (κ3) is 3.01. The van der Waals surface area contributed by atoms with Crippen LogP contribution in [0.5, 0.6) is 5.75 Å². The molecule has 0 amide bonds. The van der Waals surface area contributed by atoms with Crippen LogP contribution in [-0.4, -0.2) is 27.3 Å². The smallest absolute Gasteiger partial charge is 0.141 e. The minimum atomic E-state index is 0.667. The molecule has 0 atom stereocenters. The Kier molecular flexibility index (Phi) is 4.00. The van der Waals surface area contributed by atoms with Gasteiger partial charge >= 0.3 is 0 Å². The summed E-state index contributed by atoms with van der Waals surface area (Å²) in [5.41, 5.74) is 5.88. The number of aromatic amines is 1. The SMILES string of the molecule is COc1ccc(-c2cnnc3cc[nH]c23)cc1NCc1cccnc1. The highest BCUT2D eigenvalue weighted by atomic mass is 16.5. The first-order chi connectivity index (χ1) is 12.3. The molecule has 2 N–H and O–H groups in total. The summed E-state index contributed by atoms with van der Waals surface area (Å²) in [4.78, 5) is 7.37. The van der Waals surface area contributed by atoms with Crippen LogP contribution in [0.15, 0.2) is 61.2 Å². The second kappa shape index (κ2) is 6.60. The van der Waals surface area contributed by atoms with Gasteiger partial charge in [-0.1, -0.05) is 12.1 Å². The number of rotatable bonds is 5. The van der Waals surface area contributed by atoms with Crippen molar-refractivity contribution in [3.8, 4) is 16.9 Å². The molecule has 0 aliphatic heterocycles. The topological polar surface area (TPSA) is 75.7 Å². The zero-order valence-corrected chi connectivity index (χ0v) is 13.7. The number of methoxy groups -OCH3 is 1. The number of anilines is 1. The highest BCUT2D eigenvalue weighted by Crippen LogP contribution is 2.33. The van der Waals surface area contributed by atoms with Gasteiger partial charge in [-0.05, 0) is 35.4 Å². The molecular formula is C19H17N5O. The molecule has 0 spiro atoms. The quantitative estimate of drug-likeness (QED) is 0.584. The van der Waals surface area contributed by atoms with E-state index >= 15 is 0 Å². The molecule has 4 rings (SSSR count). The van der Waals surface area contributed by atoms with Crippen LogP contribution in [0.25, 0.3) is 22.2 Å². The number of benzene rings is 1. The van der Waals surface area contributed by atoms with E-state index < -0.39 is 0 Å². The van der Waals surface area contributed by atoms with Crippen molar-refractivity contribution >= 4 is 16.7 Å². The van der Waals surface area contributed by atoms with Gasteiger partial charge in [0.25, 0.3) is 0 Å². The lowest BCUT2D eigenvalue weighted by molar-refractivity contribution is 0.416. The highest BCUT2D eigenvalue weighted by Gasteiger charge is 2.10. The third-order valence-corrected chi connectivity index (χ3v) is 4.06. The summed E-state index contributed by atoms with van der Waals surface area (Å²) in [6.07, 6.45) is 7.25. The molecule has 6 nitrogen and oxygen atoms in total. The summed E-state index contributed by atoms with van der Waals surface area (Å²) in [6.45, 7) is 0.667. The van der Waals surface area contributed by atoms with Gasteiger partial charge in [-0.3, -0.25) is 4.98 Å². The fourth-order valence-corrected chi connectivity index (χ4v) is 2.81. The zero-order valence-electron chi connectivity index (χ0n) is 13.7. The molecule has 0 bridgehead atoms. The number of H-pyrrole nitrogens is 1. The van der Waals surface area contributed by atoms with Crippen molar-refractivity contribution in [2.24, 2.45) is 0 Å². The molecule has 4 aromatic rings. The first kappa shape index (κ1) is 15.1. The van der Waals surface area contributed by atoms with E-state index in [2.05, 4.69) is 31.5 Å². The van der Waals surface area contributed by atoms with Crippen LogP contribution in [0.4, 0.5) is 5.69 Å².